The molecule has 1 fully saturated rings. The summed E-state index contributed by atoms with van der Waals surface area (Å²) in [5.74, 6) is -4.37. The molecular formula is C23H24F3NO3Si. The zero-order valence-corrected chi connectivity index (χ0v) is 18.7. The van der Waals surface area contributed by atoms with Gasteiger partial charge in [-0.15, -0.1) is 0 Å². The molecule has 0 aliphatic heterocycles. The standard InChI is InChI=1S/C23H24F3NO3Si/c1-31-9-8-29-16-5-2-14(3-6-16)15-4-7-18(20(24)10-15)23(28)30-17-11-21(25)19(13-27)22(26)12-17/h4,7,10-12,14,16H,2-3,5-6,8-9,31H2,1H3/t14-,16-. The lowest BCUT2D eigenvalue weighted by Crippen LogP contribution is -2.21. The maximum Gasteiger partial charge on any atom is 0.346 e. The number of nitriles is 1. The van der Waals surface area contributed by atoms with Crippen molar-refractivity contribution in [3.05, 3.63) is 64.5 Å². The minimum atomic E-state index is -1.16. The van der Waals surface area contributed by atoms with Crippen LogP contribution in [0.2, 0.25) is 12.6 Å². The average Bonchev–Trinajstić information content (AvgIpc) is 2.74. The van der Waals surface area contributed by atoms with E-state index in [-0.39, 0.29) is 27.1 Å². The number of nitrogens with zero attached hydrogens (tertiary/aromatic N) is 1. The van der Waals surface area contributed by atoms with Gasteiger partial charge in [-0.1, -0.05) is 12.6 Å². The Morgan fingerprint density at radius 2 is 1.77 bits per heavy atom. The molecule has 0 spiro atoms. The van der Waals surface area contributed by atoms with Crippen molar-refractivity contribution >= 4 is 15.5 Å². The molecule has 0 amide bonds. The second-order valence-corrected chi connectivity index (χ2v) is 9.41. The Labute approximate surface area is 181 Å². The molecule has 2 aromatic rings. The predicted octanol–water partition coefficient (Wildman–Crippen LogP) is 4.87. The smallest absolute Gasteiger partial charge is 0.346 e. The number of ether oxygens (including phenoxy) is 2. The molecule has 3 rings (SSSR count). The van der Waals surface area contributed by atoms with E-state index in [1.54, 1.807) is 6.07 Å². The molecule has 0 unspecified atom stereocenters. The van der Waals surface area contributed by atoms with E-state index in [9.17, 15) is 18.0 Å². The molecule has 4 nitrogen and oxygen atoms in total. The largest absolute Gasteiger partial charge is 0.423 e. The first-order valence-electron chi connectivity index (χ1n) is 10.4. The maximum absolute atomic E-state index is 14.6. The molecule has 0 heterocycles. The van der Waals surface area contributed by atoms with E-state index >= 15 is 0 Å². The monoisotopic (exact) mass is 447 g/mol. The van der Waals surface area contributed by atoms with E-state index < -0.39 is 34.7 Å². The van der Waals surface area contributed by atoms with Crippen LogP contribution in [0.25, 0.3) is 0 Å². The summed E-state index contributed by atoms with van der Waals surface area (Å²) in [5, 5.41) is 8.69. The number of hydrogen-bond acceptors (Lipinski definition) is 4. The summed E-state index contributed by atoms with van der Waals surface area (Å²) in [7, 11) is 0.0189. The van der Waals surface area contributed by atoms with Crippen LogP contribution >= 0.6 is 0 Å². The SMILES string of the molecule is C[SiH2]CCO[C@H]1CC[C@H](c2ccc(C(=O)Oc3cc(F)c(C#N)c(F)c3)c(F)c2)CC1. The van der Waals surface area contributed by atoms with Crippen molar-refractivity contribution in [2.24, 2.45) is 0 Å². The van der Waals surface area contributed by atoms with Crippen LogP contribution in [0.5, 0.6) is 5.75 Å². The van der Waals surface area contributed by atoms with Gasteiger partial charge in [0.2, 0.25) is 0 Å². The highest BCUT2D eigenvalue weighted by Crippen LogP contribution is 2.35. The van der Waals surface area contributed by atoms with Crippen molar-refractivity contribution in [3.8, 4) is 11.8 Å². The third-order valence-corrected chi connectivity index (χ3v) is 6.54. The highest BCUT2D eigenvalue weighted by molar-refractivity contribution is 6.33. The number of carbonyl (C=O) groups excluding carboxylic acids is 1. The van der Waals surface area contributed by atoms with Crippen LogP contribution in [0.4, 0.5) is 13.2 Å². The Morgan fingerprint density at radius 3 is 2.35 bits per heavy atom. The number of halogens is 3. The van der Waals surface area contributed by atoms with Gasteiger partial charge in [-0.2, -0.15) is 5.26 Å². The summed E-state index contributed by atoms with van der Waals surface area (Å²) >= 11 is 0. The number of esters is 1. The van der Waals surface area contributed by atoms with Gasteiger partial charge in [0.1, 0.15) is 34.8 Å². The molecule has 1 aliphatic rings. The third kappa shape index (κ3) is 5.74. The molecule has 0 radical (unpaired) electrons. The zero-order valence-electron chi connectivity index (χ0n) is 17.3. The molecule has 2 aromatic carbocycles. The van der Waals surface area contributed by atoms with Crippen LogP contribution in [0.3, 0.4) is 0 Å². The van der Waals surface area contributed by atoms with Crippen molar-refractivity contribution in [3.63, 3.8) is 0 Å². The molecule has 0 saturated heterocycles. The van der Waals surface area contributed by atoms with Gasteiger partial charge in [0.05, 0.1) is 11.7 Å². The van der Waals surface area contributed by atoms with Crippen molar-refractivity contribution < 1.29 is 27.4 Å². The molecule has 31 heavy (non-hydrogen) atoms. The maximum atomic E-state index is 14.6. The zero-order chi connectivity index (χ0) is 22.4. The van der Waals surface area contributed by atoms with Gasteiger partial charge in [-0.25, -0.2) is 18.0 Å². The van der Waals surface area contributed by atoms with Gasteiger partial charge in [-0.05, 0) is 55.3 Å². The highest BCUT2D eigenvalue weighted by Gasteiger charge is 2.24. The van der Waals surface area contributed by atoms with E-state index in [1.807, 2.05) is 0 Å². The fraction of sp³-hybridized carbons (Fsp3) is 0.391. The molecule has 1 saturated carbocycles. The summed E-state index contributed by atoms with van der Waals surface area (Å²) < 4.78 is 52.8. The normalized spacial score (nSPS) is 18.8. The molecule has 0 N–H and O–H groups in total. The van der Waals surface area contributed by atoms with Crippen LogP contribution < -0.4 is 4.74 Å². The van der Waals surface area contributed by atoms with E-state index in [0.717, 1.165) is 50.0 Å². The van der Waals surface area contributed by atoms with Gasteiger partial charge < -0.3 is 9.47 Å². The van der Waals surface area contributed by atoms with Crippen LogP contribution in [-0.4, -0.2) is 28.2 Å². The molecule has 0 aromatic heterocycles. The number of benzene rings is 2. The van der Waals surface area contributed by atoms with E-state index in [1.165, 1.54) is 24.2 Å². The average molecular weight is 448 g/mol. The van der Waals surface area contributed by atoms with Crippen molar-refractivity contribution in [2.75, 3.05) is 6.61 Å². The van der Waals surface area contributed by atoms with Gasteiger partial charge in [0, 0.05) is 28.3 Å². The van der Waals surface area contributed by atoms with Gasteiger partial charge in [0.15, 0.2) is 0 Å². The second kappa shape index (κ2) is 10.6. The Kier molecular flexibility index (Phi) is 7.88. The minimum Gasteiger partial charge on any atom is -0.423 e. The number of carbonyl (C=O) groups is 1. The van der Waals surface area contributed by atoms with Gasteiger partial charge in [-0.3, -0.25) is 0 Å². The Bertz CT molecular complexity index is 962. The van der Waals surface area contributed by atoms with E-state index in [4.69, 9.17) is 14.7 Å². The van der Waals surface area contributed by atoms with Gasteiger partial charge >= 0.3 is 5.97 Å². The summed E-state index contributed by atoms with van der Waals surface area (Å²) in [6.07, 6.45) is 3.90. The second-order valence-electron chi connectivity index (χ2n) is 7.70. The quantitative estimate of drug-likeness (QED) is 0.263. The molecular weight excluding hydrogens is 423 g/mol. The van der Waals surface area contributed by atoms with E-state index in [0.29, 0.717) is 0 Å². The fourth-order valence-electron chi connectivity index (χ4n) is 3.79. The van der Waals surface area contributed by atoms with Gasteiger partial charge in [0.25, 0.3) is 0 Å². The number of hydrogen-bond donors (Lipinski definition) is 0. The van der Waals surface area contributed by atoms with Crippen LogP contribution in [0.15, 0.2) is 30.3 Å². The van der Waals surface area contributed by atoms with Crippen molar-refractivity contribution in [1.29, 1.82) is 5.26 Å². The minimum absolute atomic E-state index is 0.0189. The van der Waals surface area contributed by atoms with E-state index in [2.05, 4.69) is 6.55 Å². The molecule has 8 heteroatoms. The summed E-state index contributed by atoms with van der Waals surface area (Å²) in [5.41, 5.74) is -0.290. The first-order chi connectivity index (χ1) is 14.9. The lowest BCUT2D eigenvalue weighted by atomic mass is 9.82. The van der Waals surface area contributed by atoms with Crippen LogP contribution in [0, 0.1) is 28.8 Å². The molecule has 0 bridgehead atoms. The van der Waals surface area contributed by atoms with Crippen LogP contribution in [-0.2, 0) is 4.74 Å². The highest BCUT2D eigenvalue weighted by atomic mass is 28.2. The first-order valence-corrected chi connectivity index (χ1v) is 12.9. The topological polar surface area (TPSA) is 59.3 Å². The lowest BCUT2D eigenvalue weighted by molar-refractivity contribution is 0.0328. The molecule has 1 aliphatic carbocycles. The Morgan fingerprint density at radius 1 is 1.10 bits per heavy atom. The Balaban J connectivity index is 1.63. The Hall–Kier alpha value is -2.63. The molecule has 164 valence electrons. The van der Waals surface area contributed by atoms with Crippen molar-refractivity contribution in [2.45, 2.75) is 50.3 Å². The molecule has 0 atom stereocenters. The predicted molar refractivity (Wildman–Crippen MR) is 113 cm³/mol. The summed E-state index contributed by atoms with van der Waals surface area (Å²) in [6.45, 7) is 3.09. The third-order valence-electron chi connectivity index (χ3n) is 5.55. The summed E-state index contributed by atoms with van der Waals surface area (Å²) in [6, 6.07) is 8.34. The lowest BCUT2D eigenvalue weighted by Gasteiger charge is -2.29. The van der Waals surface area contributed by atoms with Crippen molar-refractivity contribution in [1.82, 2.24) is 0 Å². The van der Waals surface area contributed by atoms with Crippen LogP contribution in [0.1, 0.15) is 53.1 Å². The fourth-order valence-corrected chi connectivity index (χ4v) is 4.24. The first kappa shape index (κ1) is 23.0. The summed E-state index contributed by atoms with van der Waals surface area (Å²) in [4.78, 5) is 12.3. The number of rotatable bonds is 7.